The van der Waals surface area contributed by atoms with Crippen molar-refractivity contribution in [3.8, 4) is 11.5 Å². The minimum Gasteiger partial charge on any atom is -0.391 e. The van der Waals surface area contributed by atoms with Gasteiger partial charge in [-0.1, -0.05) is 5.16 Å². The highest BCUT2D eigenvalue weighted by atomic mass is 16.5. The fourth-order valence-electron chi connectivity index (χ4n) is 2.21. The molecule has 0 aromatic carbocycles. The summed E-state index contributed by atoms with van der Waals surface area (Å²) in [6.45, 7) is 1.78. The van der Waals surface area contributed by atoms with Crippen LogP contribution < -0.4 is 4.90 Å². The van der Waals surface area contributed by atoms with Crippen LogP contribution in [0.1, 0.15) is 12.2 Å². The van der Waals surface area contributed by atoms with Gasteiger partial charge in [-0.15, -0.1) is 0 Å². The summed E-state index contributed by atoms with van der Waals surface area (Å²) in [5.74, 6) is 1.79. The average molecular weight is 276 g/mol. The number of β-amino-alcohol motifs (C(OH)–C–C–N with tert-alkyl or cyclic N) is 1. The number of rotatable bonds is 4. The molecule has 3 heterocycles. The van der Waals surface area contributed by atoms with E-state index in [2.05, 4.69) is 20.0 Å². The number of hydrogen-bond acceptors (Lipinski definition) is 7. The molecule has 7 heteroatoms. The van der Waals surface area contributed by atoms with Crippen LogP contribution in [0.2, 0.25) is 0 Å². The summed E-state index contributed by atoms with van der Waals surface area (Å²) in [4.78, 5) is 10.6. The van der Waals surface area contributed by atoms with Crippen LogP contribution in [-0.2, 0) is 11.3 Å². The summed E-state index contributed by atoms with van der Waals surface area (Å²) in [7, 11) is 1.58. The van der Waals surface area contributed by atoms with Gasteiger partial charge in [-0.05, 0) is 18.6 Å². The number of anilines is 1. The number of hydrogen-bond donors (Lipinski definition) is 1. The standard InChI is InChI=1S/C13H16N4O3/c1-19-8-11-15-13(20-16-11)9-2-3-12(14-6-9)17-5-4-10(18)7-17/h2-3,6,10,18H,4-5,7-8H2,1H3. The van der Waals surface area contributed by atoms with Crippen LogP contribution in [0, 0.1) is 0 Å². The minimum atomic E-state index is -0.260. The second-order valence-corrected chi connectivity index (χ2v) is 4.74. The fourth-order valence-corrected chi connectivity index (χ4v) is 2.21. The number of aromatic nitrogens is 3. The minimum absolute atomic E-state index is 0.260. The van der Waals surface area contributed by atoms with Crippen LogP contribution in [-0.4, -0.2) is 46.5 Å². The van der Waals surface area contributed by atoms with Gasteiger partial charge in [0.25, 0.3) is 5.89 Å². The topological polar surface area (TPSA) is 84.5 Å². The Balaban J connectivity index is 1.75. The smallest absolute Gasteiger partial charge is 0.259 e. The summed E-state index contributed by atoms with van der Waals surface area (Å²) in [5.41, 5.74) is 0.767. The molecule has 1 unspecified atom stereocenters. The summed E-state index contributed by atoms with van der Waals surface area (Å²) < 4.78 is 10.1. The van der Waals surface area contributed by atoms with Crippen LogP contribution in [0.5, 0.6) is 0 Å². The molecule has 20 heavy (non-hydrogen) atoms. The van der Waals surface area contributed by atoms with Gasteiger partial charge in [0.1, 0.15) is 12.4 Å². The van der Waals surface area contributed by atoms with Crippen LogP contribution in [0.25, 0.3) is 11.5 Å². The normalized spacial score (nSPS) is 18.7. The molecule has 1 atom stereocenters. The van der Waals surface area contributed by atoms with E-state index in [1.54, 1.807) is 13.3 Å². The molecule has 0 spiro atoms. The van der Waals surface area contributed by atoms with Crippen LogP contribution in [0.4, 0.5) is 5.82 Å². The molecule has 0 saturated carbocycles. The molecule has 106 valence electrons. The van der Waals surface area contributed by atoms with Gasteiger partial charge < -0.3 is 19.3 Å². The predicted molar refractivity (Wildman–Crippen MR) is 71.1 cm³/mol. The predicted octanol–water partition coefficient (Wildman–Crippen LogP) is 0.849. The lowest BCUT2D eigenvalue weighted by Gasteiger charge is -2.16. The number of pyridine rings is 1. The zero-order valence-corrected chi connectivity index (χ0v) is 11.2. The summed E-state index contributed by atoms with van der Waals surface area (Å²) in [6.07, 6.45) is 2.22. The van der Waals surface area contributed by atoms with E-state index in [4.69, 9.17) is 9.26 Å². The zero-order chi connectivity index (χ0) is 13.9. The third-order valence-corrected chi connectivity index (χ3v) is 3.22. The first-order valence-electron chi connectivity index (χ1n) is 6.47. The first-order valence-corrected chi connectivity index (χ1v) is 6.47. The molecular weight excluding hydrogens is 260 g/mol. The van der Waals surface area contributed by atoms with Crippen molar-refractivity contribution < 1.29 is 14.4 Å². The zero-order valence-electron chi connectivity index (χ0n) is 11.2. The molecule has 0 radical (unpaired) electrons. The van der Waals surface area contributed by atoms with Crippen molar-refractivity contribution in [2.75, 3.05) is 25.1 Å². The van der Waals surface area contributed by atoms with E-state index < -0.39 is 0 Å². The monoisotopic (exact) mass is 276 g/mol. The highest BCUT2D eigenvalue weighted by Gasteiger charge is 2.21. The molecule has 2 aromatic heterocycles. The molecule has 1 aliphatic heterocycles. The van der Waals surface area contributed by atoms with E-state index >= 15 is 0 Å². The van der Waals surface area contributed by atoms with Gasteiger partial charge in [0.05, 0.1) is 11.7 Å². The van der Waals surface area contributed by atoms with Gasteiger partial charge in [0, 0.05) is 26.4 Å². The van der Waals surface area contributed by atoms with Gasteiger partial charge >= 0.3 is 0 Å². The Bertz CT molecular complexity index is 569. The fraction of sp³-hybridized carbons (Fsp3) is 0.462. The molecule has 2 aromatic rings. The molecule has 0 bridgehead atoms. The Hall–Kier alpha value is -1.99. The first-order chi connectivity index (χ1) is 9.76. The van der Waals surface area contributed by atoms with E-state index in [0.717, 1.165) is 24.3 Å². The number of nitrogens with zero attached hydrogens (tertiary/aromatic N) is 4. The SMILES string of the molecule is COCc1noc(-c2ccc(N3CCC(O)C3)nc2)n1. The third-order valence-electron chi connectivity index (χ3n) is 3.22. The lowest BCUT2D eigenvalue weighted by molar-refractivity contribution is 0.174. The van der Waals surface area contributed by atoms with E-state index in [9.17, 15) is 5.11 Å². The molecule has 1 N–H and O–H groups in total. The van der Waals surface area contributed by atoms with Gasteiger partial charge in [0.2, 0.25) is 0 Å². The van der Waals surface area contributed by atoms with Gasteiger partial charge in [-0.2, -0.15) is 4.98 Å². The van der Waals surface area contributed by atoms with Crippen LogP contribution in [0.3, 0.4) is 0 Å². The largest absolute Gasteiger partial charge is 0.391 e. The van der Waals surface area contributed by atoms with Crippen molar-refractivity contribution in [1.82, 2.24) is 15.1 Å². The third kappa shape index (κ3) is 2.63. The average Bonchev–Trinajstić information content (AvgIpc) is 3.09. The van der Waals surface area contributed by atoms with Crippen molar-refractivity contribution in [1.29, 1.82) is 0 Å². The summed E-state index contributed by atoms with van der Waals surface area (Å²) in [6, 6.07) is 3.78. The highest BCUT2D eigenvalue weighted by Crippen LogP contribution is 2.22. The Morgan fingerprint density at radius 1 is 1.50 bits per heavy atom. The Labute approximate surface area is 116 Å². The van der Waals surface area contributed by atoms with Crippen molar-refractivity contribution in [3.63, 3.8) is 0 Å². The maximum atomic E-state index is 9.53. The Kier molecular flexibility index (Phi) is 3.62. The molecule has 1 fully saturated rings. The highest BCUT2D eigenvalue weighted by molar-refractivity contribution is 5.54. The lowest BCUT2D eigenvalue weighted by Crippen LogP contribution is -2.21. The summed E-state index contributed by atoms with van der Waals surface area (Å²) >= 11 is 0. The Morgan fingerprint density at radius 3 is 3.05 bits per heavy atom. The van der Waals surface area contributed by atoms with E-state index in [-0.39, 0.29) is 6.10 Å². The maximum Gasteiger partial charge on any atom is 0.259 e. The van der Waals surface area contributed by atoms with Crippen molar-refractivity contribution in [2.24, 2.45) is 0 Å². The molecule has 7 nitrogen and oxygen atoms in total. The summed E-state index contributed by atoms with van der Waals surface area (Å²) in [5, 5.41) is 13.3. The number of ether oxygens (including phenoxy) is 1. The van der Waals surface area contributed by atoms with Gasteiger partial charge in [0.15, 0.2) is 5.82 Å². The van der Waals surface area contributed by atoms with E-state index in [1.165, 1.54) is 0 Å². The number of aliphatic hydroxyl groups is 1. The van der Waals surface area contributed by atoms with Crippen LogP contribution >= 0.6 is 0 Å². The maximum absolute atomic E-state index is 9.53. The van der Waals surface area contributed by atoms with E-state index in [0.29, 0.717) is 24.9 Å². The van der Waals surface area contributed by atoms with Crippen molar-refractivity contribution in [3.05, 3.63) is 24.2 Å². The molecule has 0 aliphatic carbocycles. The second kappa shape index (κ2) is 5.56. The molecular formula is C13H16N4O3. The van der Waals surface area contributed by atoms with Crippen molar-refractivity contribution >= 4 is 5.82 Å². The Morgan fingerprint density at radius 2 is 2.40 bits per heavy atom. The van der Waals surface area contributed by atoms with Crippen molar-refractivity contribution in [2.45, 2.75) is 19.1 Å². The molecule has 1 saturated heterocycles. The first kappa shape index (κ1) is 13.0. The molecule has 0 amide bonds. The lowest BCUT2D eigenvalue weighted by atomic mass is 10.3. The number of methoxy groups -OCH3 is 1. The van der Waals surface area contributed by atoms with E-state index in [1.807, 2.05) is 12.1 Å². The van der Waals surface area contributed by atoms with Gasteiger partial charge in [-0.25, -0.2) is 4.98 Å². The quantitative estimate of drug-likeness (QED) is 0.886. The molecule has 3 rings (SSSR count). The second-order valence-electron chi connectivity index (χ2n) is 4.74. The van der Waals surface area contributed by atoms with Gasteiger partial charge in [-0.3, -0.25) is 0 Å². The molecule has 1 aliphatic rings. The van der Waals surface area contributed by atoms with Crippen LogP contribution in [0.15, 0.2) is 22.9 Å². The number of aliphatic hydroxyl groups excluding tert-OH is 1.